The number of nitrogens with one attached hydrogen (secondary N) is 2. The molecule has 1 aromatic heterocycles. The molecule has 0 spiro atoms. The molecule has 0 aromatic carbocycles. The minimum Gasteiger partial charge on any atom is -0.338 e. The third-order valence-electron chi connectivity index (χ3n) is 3.03. The van der Waals surface area contributed by atoms with E-state index in [2.05, 4.69) is 15.6 Å². The zero-order valence-corrected chi connectivity index (χ0v) is 13.4. The molecular formula is C13H22N4O3S. The highest BCUT2D eigenvalue weighted by Crippen LogP contribution is 2.08. The number of hydrogen-bond acceptors (Lipinski definition) is 4. The molecule has 0 saturated heterocycles. The van der Waals surface area contributed by atoms with Crippen molar-refractivity contribution in [3.63, 3.8) is 0 Å². The van der Waals surface area contributed by atoms with Gasteiger partial charge in [-0.3, -0.25) is 4.98 Å². The van der Waals surface area contributed by atoms with Gasteiger partial charge in [0.15, 0.2) is 0 Å². The Morgan fingerprint density at radius 3 is 2.76 bits per heavy atom. The number of urea groups is 1. The van der Waals surface area contributed by atoms with Crippen LogP contribution in [0.2, 0.25) is 0 Å². The van der Waals surface area contributed by atoms with Gasteiger partial charge in [0.25, 0.3) is 0 Å². The Kier molecular flexibility index (Phi) is 6.57. The Balaban J connectivity index is 2.26. The predicted molar refractivity (Wildman–Crippen MR) is 81.3 cm³/mol. The SMILES string of the molecule is C[C@H](NC(=O)NCCCN(C)S(C)(=O)=O)c1cccnc1. The summed E-state index contributed by atoms with van der Waals surface area (Å²) in [7, 11) is -1.65. The Labute approximate surface area is 125 Å². The van der Waals surface area contributed by atoms with E-state index in [9.17, 15) is 13.2 Å². The third kappa shape index (κ3) is 6.54. The van der Waals surface area contributed by atoms with Crippen LogP contribution in [0.25, 0.3) is 0 Å². The van der Waals surface area contributed by atoms with Crippen LogP contribution in [0.3, 0.4) is 0 Å². The molecule has 0 unspecified atom stereocenters. The summed E-state index contributed by atoms with van der Waals surface area (Å²) >= 11 is 0. The zero-order valence-electron chi connectivity index (χ0n) is 12.5. The Morgan fingerprint density at radius 2 is 2.19 bits per heavy atom. The number of nitrogens with zero attached hydrogens (tertiary/aromatic N) is 2. The zero-order chi connectivity index (χ0) is 15.9. The Bertz CT molecular complexity index is 548. The van der Waals surface area contributed by atoms with Gasteiger partial charge in [0.05, 0.1) is 12.3 Å². The molecule has 21 heavy (non-hydrogen) atoms. The van der Waals surface area contributed by atoms with Gasteiger partial charge in [-0.05, 0) is 25.0 Å². The Morgan fingerprint density at radius 1 is 1.48 bits per heavy atom. The number of aromatic nitrogens is 1. The van der Waals surface area contributed by atoms with E-state index in [1.54, 1.807) is 12.4 Å². The van der Waals surface area contributed by atoms with Crippen LogP contribution in [0.4, 0.5) is 4.79 Å². The van der Waals surface area contributed by atoms with Gasteiger partial charge in [0, 0.05) is 32.5 Å². The summed E-state index contributed by atoms with van der Waals surface area (Å²) in [6.07, 6.45) is 5.08. The van der Waals surface area contributed by atoms with Crippen molar-refractivity contribution < 1.29 is 13.2 Å². The van der Waals surface area contributed by atoms with Crippen LogP contribution in [0.1, 0.15) is 24.9 Å². The number of pyridine rings is 1. The van der Waals surface area contributed by atoms with Gasteiger partial charge in [-0.25, -0.2) is 17.5 Å². The van der Waals surface area contributed by atoms with Crippen molar-refractivity contribution in [2.24, 2.45) is 0 Å². The second-order valence-electron chi connectivity index (χ2n) is 4.85. The lowest BCUT2D eigenvalue weighted by atomic mass is 10.1. The van der Waals surface area contributed by atoms with Crippen molar-refractivity contribution in [3.05, 3.63) is 30.1 Å². The molecule has 0 fully saturated rings. The minimum atomic E-state index is -3.16. The number of rotatable bonds is 7. The van der Waals surface area contributed by atoms with Crippen molar-refractivity contribution >= 4 is 16.1 Å². The van der Waals surface area contributed by atoms with E-state index >= 15 is 0 Å². The number of sulfonamides is 1. The predicted octanol–water partition coefficient (Wildman–Crippen LogP) is 0.723. The topological polar surface area (TPSA) is 91.4 Å². The summed E-state index contributed by atoms with van der Waals surface area (Å²) in [5, 5.41) is 5.49. The first kappa shape index (κ1) is 17.4. The molecule has 7 nitrogen and oxygen atoms in total. The highest BCUT2D eigenvalue weighted by Gasteiger charge is 2.11. The van der Waals surface area contributed by atoms with Crippen LogP contribution in [0.5, 0.6) is 0 Å². The van der Waals surface area contributed by atoms with Crippen molar-refractivity contribution in [3.8, 4) is 0 Å². The maximum atomic E-state index is 11.7. The second-order valence-corrected chi connectivity index (χ2v) is 6.94. The lowest BCUT2D eigenvalue weighted by Gasteiger charge is -2.16. The largest absolute Gasteiger partial charge is 0.338 e. The average molecular weight is 314 g/mol. The standard InChI is InChI=1S/C13H22N4O3S/c1-11(12-6-4-7-14-10-12)16-13(18)15-8-5-9-17(2)21(3,19)20/h4,6-7,10-11H,5,8-9H2,1-3H3,(H2,15,16,18)/t11-/m0/s1. The van der Waals surface area contributed by atoms with Gasteiger partial charge in [0.1, 0.15) is 0 Å². The van der Waals surface area contributed by atoms with Crippen LogP contribution >= 0.6 is 0 Å². The first-order chi connectivity index (χ1) is 9.80. The summed E-state index contributed by atoms with van der Waals surface area (Å²) in [5.41, 5.74) is 0.921. The van der Waals surface area contributed by atoms with Crippen LogP contribution in [-0.4, -0.2) is 50.1 Å². The molecule has 118 valence electrons. The quantitative estimate of drug-likeness (QED) is 0.726. The van der Waals surface area contributed by atoms with E-state index in [4.69, 9.17) is 0 Å². The third-order valence-corrected chi connectivity index (χ3v) is 4.35. The molecule has 1 rings (SSSR count). The Hall–Kier alpha value is -1.67. The van der Waals surface area contributed by atoms with Crippen molar-refractivity contribution in [2.45, 2.75) is 19.4 Å². The average Bonchev–Trinajstić information content (AvgIpc) is 2.43. The molecule has 0 bridgehead atoms. The van der Waals surface area contributed by atoms with E-state index in [0.29, 0.717) is 19.5 Å². The summed E-state index contributed by atoms with van der Waals surface area (Å²) in [4.78, 5) is 15.7. The van der Waals surface area contributed by atoms with E-state index in [0.717, 1.165) is 11.8 Å². The van der Waals surface area contributed by atoms with Gasteiger partial charge in [0.2, 0.25) is 10.0 Å². The maximum Gasteiger partial charge on any atom is 0.315 e. The summed E-state index contributed by atoms with van der Waals surface area (Å²) < 4.78 is 23.6. The number of carbonyl (C=O) groups is 1. The van der Waals surface area contributed by atoms with Crippen molar-refractivity contribution in [2.75, 3.05) is 26.4 Å². The van der Waals surface area contributed by atoms with E-state index in [1.165, 1.54) is 11.4 Å². The molecule has 0 aliphatic carbocycles. The molecule has 0 radical (unpaired) electrons. The van der Waals surface area contributed by atoms with Gasteiger partial charge in [-0.2, -0.15) is 0 Å². The number of hydrogen-bond donors (Lipinski definition) is 2. The van der Waals surface area contributed by atoms with E-state index < -0.39 is 10.0 Å². The fourth-order valence-electron chi connectivity index (χ4n) is 1.63. The molecular weight excluding hydrogens is 292 g/mol. The first-order valence-electron chi connectivity index (χ1n) is 6.66. The molecule has 0 aliphatic heterocycles. The van der Waals surface area contributed by atoms with Crippen molar-refractivity contribution in [1.29, 1.82) is 0 Å². The summed E-state index contributed by atoms with van der Waals surface area (Å²) in [6.45, 7) is 2.65. The maximum absolute atomic E-state index is 11.7. The van der Waals surface area contributed by atoms with Gasteiger partial charge in [-0.15, -0.1) is 0 Å². The highest BCUT2D eigenvalue weighted by atomic mass is 32.2. The summed E-state index contributed by atoms with van der Waals surface area (Å²) in [6, 6.07) is 3.27. The van der Waals surface area contributed by atoms with Gasteiger partial charge in [-0.1, -0.05) is 6.07 Å². The molecule has 1 heterocycles. The first-order valence-corrected chi connectivity index (χ1v) is 8.51. The summed E-state index contributed by atoms with van der Waals surface area (Å²) in [5.74, 6) is 0. The normalized spacial score (nSPS) is 13.0. The highest BCUT2D eigenvalue weighted by molar-refractivity contribution is 7.88. The smallest absolute Gasteiger partial charge is 0.315 e. The van der Waals surface area contributed by atoms with Crippen LogP contribution in [0.15, 0.2) is 24.5 Å². The molecule has 8 heteroatoms. The fourth-order valence-corrected chi connectivity index (χ4v) is 2.09. The number of amides is 2. The molecule has 1 aromatic rings. The minimum absolute atomic E-state index is 0.141. The van der Waals surface area contributed by atoms with Gasteiger partial charge < -0.3 is 10.6 Å². The lowest BCUT2D eigenvalue weighted by Crippen LogP contribution is -2.38. The molecule has 0 aliphatic rings. The molecule has 1 atom stereocenters. The second kappa shape index (κ2) is 7.94. The fraction of sp³-hybridized carbons (Fsp3) is 0.538. The van der Waals surface area contributed by atoms with Gasteiger partial charge >= 0.3 is 6.03 Å². The van der Waals surface area contributed by atoms with E-state index in [-0.39, 0.29) is 12.1 Å². The lowest BCUT2D eigenvalue weighted by molar-refractivity contribution is 0.237. The van der Waals surface area contributed by atoms with Crippen LogP contribution < -0.4 is 10.6 Å². The van der Waals surface area contributed by atoms with E-state index in [1.807, 2.05) is 19.1 Å². The number of carbonyl (C=O) groups excluding carboxylic acids is 1. The monoisotopic (exact) mass is 314 g/mol. The van der Waals surface area contributed by atoms with Crippen LogP contribution in [0, 0.1) is 0 Å². The molecule has 2 N–H and O–H groups in total. The van der Waals surface area contributed by atoms with Crippen LogP contribution in [-0.2, 0) is 10.0 Å². The van der Waals surface area contributed by atoms with Crippen molar-refractivity contribution in [1.82, 2.24) is 19.9 Å². The molecule has 2 amide bonds. The molecule has 0 saturated carbocycles.